The van der Waals surface area contributed by atoms with Crippen molar-refractivity contribution in [2.45, 2.75) is 25.8 Å². The number of carbonyl (C=O) groups is 1. The number of hydrogen-bond acceptors (Lipinski definition) is 3. The van der Waals surface area contributed by atoms with Crippen LogP contribution < -0.4 is 15.4 Å². The van der Waals surface area contributed by atoms with E-state index in [0.29, 0.717) is 6.42 Å². The van der Waals surface area contributed by atoms with Crippen molar-refractivity contribution in [3.05, 3.63) is 29.8 Å². The molecule has 0 aliphatic carbocycles. The molecule has 0 bridgehead atoms. The molecule has 0 saturated carbocycles. The molecule has 0 aliphatic heterocycles. The predicted octanol–water partition coefficient (Wildman–Crippen LogP) is 1.87. The van der Waals surface area contributed by atoms with Crippen LogP contribution in [0.5, 0.6) is 5.75 Å². The van der Waals surface area contributed by atoms with Crippen molar-refractivity contribution >= 4 is 5.91 Å². The molecule has 4 nitrogen and oxygen atoms in total. The van der Waals surface area contributed by atoms with Gasteiger partial charge in [-0.3, -0.25) is 4.79 Å². The van der Waals surface area contributed by atoms with Gasteiger partial charge in [-0.1, -0.05) is 18.2 Å². The van der Waals surface area contributed by atoms with Gasteiger partial charge in [0.1, 0.15) is 5.75 Å². The van der Waals surface area contributed by atoms with Gasteiger partial charge in [0.15, 0.2) is 0 Å². The van der Waals surface area contributed by atoms with Crippen molar-refractivity contribution in [2.24, 2.45) is 0 Å². The van der Waals surface area contributed by atoms with Crippen molar-refractivity contribution in [3.8, 4) is 5.75 Å². The van der Waals surface area contributed by atoms with E-state index < -0.39 is 0 Å². The third kappa shape index (κ3) is 4.37. The molecule has 1 atom stereocenters. The molecule has 18 heavy (non-hydrogen) atoms. The molecule has 0 unspecified atom stereocenters. The fourth-order valence-corrected chi connectivity index (χ4v) is 1.84. The van der Waals surface area contributed by atoms with Crippen molar-refractivity contribution in [1.29, 1.82) is 0 Å². The molecule has 0 heterocycles. The third-order valence-electron chi connectivity index (χ3n) is 2.81. The van der Waals surface area contributed by atoms with E-state index in [0.717, 1.165) is 24.3 Å². The summed E-state index contributed by atoms with van der Waals surface area (Å²) in [4.78, 5) is 11.7. The predicted molar refractivity (Wildman–Crippen MR) is 72.7 cm³/mol. The van der Waals surface area contributed by atoms with Crippen LogP contribution in [0, 0.1) is 0 Å². The Morgan fingerprint density at radius 1 is 1.39 bits per heavy atom. The summed E-state index contributed by atoms with van der Waals surface area (Å²) < 4.78 is 5.29. The summed E-state index contributed by atoms with van der Waals surface area (Å²) in [6.07, 6.45) is 1.39. The van der Waals surface area contributed by atoms with Gasteiger partial charge in [-0.15, -0.1) is 0 Å². The van der Waals surface area contributed by atoms with Gasteiger partial charge in [0.2, 0.25) is 5.91 Å². The number of rotatable bonds is 7. The number of amides is 1. The Labute approximate surface area is 109 Å². The third-order valence-corrected chi connectivity index (χ3v) is 2.81. The average molecular weight is 250 g/mol. The molecule has 1 aromatic carbocycles. The van der Waals surface area contributed by atoms with Gasteiger partial charge >= 0.3 is 0 Å². The van der Waals surface area contributed by atoms with Crippen LogP contribution in [0.3, 0.4) is 0 Å². The number of methoxy groups -OCH3 is 1. The van der Waals surface area contributed by atoms with Gasteiger partial charge in [0.05, 0.1) is 13.2 Å². The first kappa shape index (κ1) is 14.5. The summed E-state index contributed by atoms with van der Waals surface area (Å²) in [5.74, 6) is 0.879. The molecule has 1 aromatic rings. The number of benzene rings is 1. The van der Waals surface area contributed by atoms with Crippen LogP contribution in [-0.2, 0) is 4.79 Å². The van der Waals surface area contributed by atoms with Gasteiger partial charge in [0, 0.05) is 12.0 Å². The first-order valence-electron chi connectivity index (χ1n) is 6.26. The van der Waals surface area contributed by atoms with Crippen LogP contribution in [0.4, 0.5) is 0 Å². The molecule has 0 saturated heterocycles. The SMILES string of the molecule is CNCCCC(=O)N[C@H](C)c1ccccc1OC. The van der Waals surface area contributed by atoms with E-state index in [1.807, 2.05) is 38.2 Å². The van der Waals surface area contributed by atoms with E-state index >= 15 is 0 Å². The lowest BCUT2D eigenvalue weighted by Crippen LogP contribution is -2.27. The smallest absolute Gasteiger partial charge is 0.220 e. The highest BCUT2D eigenvalue weighted by molar-refractivity contribution is 5.76. The lowest BCUT2D eigenvalue weighted by molar-refractivity contribution is -0.121. The van der Waals surface area contributed by atoms with Crippen LogP contribution >= 0.6 is 0 Å². The van der Waals surface area contributed by atoms with Crippen LogP contribution in [-0.4, -0.2) is 26.6 Å². The summed E-state index contributed by atoms with van der Waals surface area (Å²) in [7, 11) is 3.52. The topological polar surface area (TPSA) is 50.4 Å². The fourth-order valence-electron chi connectivity index (χ4n) is 1.84. The molecule has 0 radical (unpaired) electrons. The number of para-hydroxylation sites is 1. The van der Waals surface area contributed by atoms with Crippen molar-refractivity contribution in [2.75, 3.05) is 20.7 Å². The highest BCUT2D eigenvalue weighted by Crippen LogP contribution is 2.24. The van der Waals surface area contributed by atoms with Gasteiger partial charge < -0.3 is 15.4 Å². The van der Waals surface area contributed by atoms with Crippen molar-refractivity contribution in [3.63, 3.8) is 0 Å². The van der Waals surface area contributed by atoms with Gasteiger partial charge in [-0.25, -0.2) is 0 Å². The molecule has 0 aliphatic rings. The molecule has 0 aromatic heterocycles. The molecular weight excluding hydrogens is 228 g/mol. The van der Waals surface area contributed by atoms with E-state index in [1.165, 1.54) is 0 Å². The second-order valence-electron chi connectivity index (χ2n) is 4.24. The maximum absolute atomic E-state index is 11.7. The number of ether oxygens (including phenoxy) is 1. The average Bonchev–Trinajstić information content (AvgIpc) is 2.39. The van der Waals surface area contributed by atoms with Crippen molar-refractivity contribution < 1.29 is 9.53 Å². The summed E-state index contributed by atoms with van der Waals surface area (Å²) in [5.41, 5.74) is 1.00. The standard InChI is InChI=1S/C14H22N2O2/c1-11(16-14(17)9-6-10-15-2)12-7-4-5-8-13(12)18-3/h4-5,7-8,11,15H,6,9-10H2,1-3H3,(H,16,17)/t11-/m1/s1. The Bertz CT molecular complexity index is 380. The number of hydrogen-bond donors (Lipinski definition) is 2. The van der Waals surface area contributed by atoms with Crippen LogP contribution in [0.2, 0.25) is 0 Å². The number of nitrogens with one attached hydrogen (secondary N) is 2. The van der Waals surface area contributed by atoms with Gasteiger partial charge in [0.25, 0.3) is 0 Å². The molecular formula is C14H22N2O2. The van der Waals surface area contributed by atoms with E-state index in [2.05, 4.69) is 10.6 Å². The van der Waals surface area contributed by atoms with Gasteiger partial charge in [-0.05, 0) is 33.0 Å². The maximum Gasteiger partial charge on any atom is 0.220 e. The summed E-state index contributed by atoms with van der Waals surface area (Å²) >= 11 is 0. The maximum atomic E-state index is 11.7. The van der Waals surface area contributed by atoms with E-state index in [9.17, 15) is 4.79 Å². The quantitative estimate of drug-likeness (QED) is 0.726. The molecule has 1 rings (SSSR count). The second-order valence-corrected chi connectivity index (χ2v) is 4.24. The highest BCUT2D eigenvalue weighted by atomic mass is 16.5. The molecule has 0 spiro atoms. The Balaban J connectivity index is 2.53. The first-order valence-corrected chi connectivity index (χ1v) is 6.26. The fraction of sp³-hybridized carbons (Fsp3) is 0.500. The molecule has 0 fully saturated rings. The zero-order valence-electron chi connectivity index (χ0n) is 11.3. The lowest BCUT2D eigenvalue weighted by Gasteiger charge is -2.17. The Morgan fingerprint density at radius 2 is 2.11 bits per heavy atom. The molecule has 4 heteroatoms. The minimum absolute atomic E-state index is 0.0387. The Kier molecular flexibility index (Phi) is 6.22. The second kappa shape index (κ2) is 7.71. The van der Waals surface area contributed by atoms with E-state index in [1.54, 1.807) is 7.11 Å². The van der Waals surface area contributed by atoms with Crippen molar-refractivity contribution in [1.82, 2.24) is 10.6 Å². The molecule has 2 N–H and O–H groups in total. The van der Waals surface area contributed by atoms with Crippen LogP contribution in [0.25, 0.3) is 0 Å². The van der Waals surface area contributed by atoms with Crippen LogP contribution in [0.1, 0.15) is 31.4 Å². The zero-order chi connectivity index (χ0) is 13.4. The summed E-state index contributed by atoms with van der Waals surface area (Å²) in [6.45, 7) is 2.82. The Morgan fingerprint density at radius 3 is 2.78 bits per heavy atom. The molecule has 1 amide bonds. The first-order chi connectivity index (χ1) is 8.69. The monoisotopic (exact) mass is 250 g/mol. The highest BCUT2D eigenvalue weighted by Gasteiger charge is 2.12. The Hall–Kier alpha value is -1.55. The zero-order valence-corrected chi connectivity index (χ0v) is 11.3. The number of carbonyl (C=O) groups excluding carboxylic acids is 1. The largest absolute Gasteiger partial charge is 0.496 e. The van der Waals surface area contributed by atoms with Gasteiger partial charge in [-0.2, -0.15) is 0 Å². The minimum atomic E-state index is -0.0387. The van der Waals surface area contributed by atoms with E-state index in [-0.39, 0.29) is 11.9 Å². The summed E-state index contributed by atoms with van der Waals surface area (Å²) in [6, 6.07) is 7.70. The summed E-state index contributed by atoms with van der Waals surface area (Å²) in [5, 5.41) is 6.01. The lowest BCUT2D eigenvalue weighted by atomic mass is 10.1. The minimum Gasteiger partial charge on any atom is -0.496 e. The normalized spacial score (nSPS) is 11.9. The molecule has 100 valence electrons. The van der Waals surface area contributed by atoms with Crippen LogP contribution in [0.15, 0.2) is 24.3 Å². The van der Waals surface area contributed by atoms with E-state index in [4.69, 9.17) is 4.74 Å².